The molecule has 0 rings (SSSR count). The number of carbonyl (C=O) groups is 2. The molecule has 0 aromatic heterocycles. The van der Waals surface area contributed by atoms with Crippen LogP contribution in [-0.4, -0.2) is 28.9 Å². The Balaban J connectivity index is 4.20. The molecule has 0 bridgehead atoms. The molecule has 0 heterocycles. The van der Waals surface area contributed by atoms with Gasteiger partial charge in [-0.15, -0.1) is 0 Å². The highest BCUT2D eigenvalue weighted by atomic mass is 16.6. The summed E-state index contributed by atoms with van der Waals surface area (Å²) in [6, 6.07) is -0.787. The number of amides is 2. The van der Waals surface area contributed by atoms with E-state index in [1.165, 1.54) is 5.48 Å². The van der Waals surface area contributed by atoms with Crippen molar-refractivity contribution in [3.63, 3.8) is 0 Å². The van der Waals surface area contributed by atoms with Gasteiger partial charge in [0.25, 0.3) is 5.91 Å². The molecule has 0 aliphatic carbocycles. The lowest BCUT2D eigenvalue weighted by atomic mass is 10.2. The molecule has 1 atom stereocenters. The minimum atomic E-state index is -0.787. The van der Waals surface area contributed by atoms with Crippen LogP contribution in [0.25, 0.3) is 0 Å². The molecular weight excluding hydrogens is 200 g/mol. The summed E-state index contributed by atoms with van der Waals surface area (Å²) in [4.78, 5) is 22.3. The SMILES string of the molecule is CCC(NC(=O)OC(C)(C)C)C(=O)NO. The summed E-state index contributed by atoms with van der Waals surface area (Å²) in [6.07, 6.45) is -0.316. The molecule has 0 spiro atoms. The number of alkyl carbamates (subject to hydrolysis) is 1. The first-order valence-electron chi connectivity index (χ1n) is 4.73. The van der Waals surface area contributed by atoms with Crippen LogP contribution >= 0.6 is 0 Å². The highest BCUT2D eigenvalue weighted by Crippen LogP contribution is 2.07. The van der Waals surface area contributed by atoms with Crippen molar-refractivity contribution in [1.82, 2.24) is 10.8 Å². The lowest BCUT2D eigenvalue weighted by molar-refractivity contribution is -0.131. The van der Waals surface area contributed by atoms with Crippen LogP contribution in [0.5, 0.6) is 0 Å². The van der Waals surface area contributed by atoms with E-state index in [1.807, 2.05) is 0 Å². The smallest absolute Gasteiger partial charge is 0.408 e. The Labute approximate surface area is 88.9 Å². The zero-order valence-electron chi connectivity index (χ0n) is 9.46. The maximum Gasteiger partial charge on any atom is 0.408 e. The van der Waals surface area contributed by atoms with Gasteiger partial charge >= 0.3 is 6.09 Å². The zero-order valence-corrected chi connectivity index (χ0v) is 9.46. The van der Waals surface area contributed by atoms with E-state index in [2.05, 4.69) is 5.32 Å². The fourth-order valence-corrected chi connectivity index (χ4v) is 0.881. The number of carbonyl (C=O) groups excluding carboxylic acids is 2. The van der Waals surface area contributed by atoms with Gasteiger partial charge in [0.15, 0.2) is 0 Å². The minimum Gasteiger partial charge on any atom is -0.444 e. The van der Waals surface area contributed by atoms with Gasteiger partial charge in [-0.05, 0) is 27.2 Å². The predicted octanol–water partition coefficient (Wildman–Crippen LogP) is 0.795. The van der Waals surface area contributed by atoms with Crippen LogP contribution in [0.3, 0.4) is 0 Å². The monoisotopic (exact) mass is 218 g/mol. The van der Waals surface area contributed by atoms with Crippen molar-refractivity contribution in [3.8, 4) is 0 Å². The predicted molar refractivity (Wildman–Crippen MR) is 53.4 cm³/mol. The molecule has 0 fully saturated rings. The third-order valence-electron chi connectivity index (χ3n) is 1.53. The summed E-state index contributed by atoms with van der Waals surface area (Å²) in [5.74, 6) is -0.664. The van der Waals surface area contributed by atoms with Gasteiger partial charge in [0, 0.05) is 0 Å². The fraction of sp³-hybridized carbons (Fsp3) is 0.778. The Bertz CT molecular complexity index is 235. The van der Waals surface area contributed by atoms with E-state index in [0.29, 0.717) is 6.42 Å². The molecule has 15 heavy (non-hydrogen) atoms. The van der Waals surface area contributed by atoms with Crippen molar-refractivity contribution < 1.29 is 19.5 Å². The summed E-state index contributed by atoms with van der Waals surface area (Å²) in [5.41, 5.74) is 0.862. The van der Waals surface area contributed by atoms with Crippen molar-refractivity contribution in [1.29, 1.82) is 0 Å². The van der Waals surface area contributed by atoms with Crippen molar-refractivity contribution in [2.24, 2.45) is 0 Å². The number of ether oxygens (including phenoxy) is 1. The molecule has 0 radical (unpaired) electrons. The Hall–Kier alpha value is -1.30. The van der Waals surface area contributed by atoms with Crippen LogP contribution in [0.2, 0.25) is 0 Å². The second kappa shape index (κ2) is 5.55. The van der Waals surface area contributed by atoms with E-state index in [9.17, 15) is 9.59 Å². The third-order valence-corrected chi connectivity index (χ3v) is 1.53. The summed E-state index contributed by atoms with van der Waals surface area (Å²) in [7, 11) is 0. The van der Waals surface area contributed by atoms with E-state index >= 15 is 0 Å². The summed E-state index contributed by atoms with van der Waals surface area (Å²) < 4.78 is 4.95. The molecule has 0 aliphatic rings. The van der Waals surface area contributed by atoms with E-state index < -0.39 is 23.6 Å². The molecule has 6 nitrogen and oxygen atoms in total. The Morgan fingerprint density at radius 3 is 2.27 bits per heavy atom. The van der Waals surface area contributed by atoms with Gasteiger partial charge in [-0.2, -0.15) is 0 Å². The van der Waals surface area contributed by atoms with Gasteiger partial charge in [0.05, 0.1) is 0 Å². The highest BCUT2D eigenvalue weighted by Gasteiger charge is 2.22. The van der Waals surface area contributed by atoms with Crippen LogP contribution in [0.4, 0.5) is 4.79 Å². The first kappa shape index (κ1) is 13.7. The van der Waals surface area contributed by atoms with Crippen LogP contribution in [0, 0.1) is 0 Å². The van der Waals surface area contributed by atoms with Crippen LogP contribution < -0.4 is 10.8 Å². The lowest BCUT2D eigenvalue weighted by Crippen LogP contribution is -2.47. The van der Waals surface area contributed by atoms with Gasteiger partial charge in [-0.25, -0.2) is 10.3 Å². The Morgan fingerprint density at radius 1 is 1.40 bits per heavy atom. The molecular formula is C9H18N2O4. The summed E-state index contributed by atoms with van der Waals surface area (Å²) in [6.45, 7) is 6.87. The molecule has 6 heteroatoms. The van der Waals surface area contributed by atoms with Gasteiger partial charge in [-0.1, -0.05) is 6.92 Å². The minimum absolute atomic E-state index is 0.367. The molecule has 2 amide bonds. The molecule has 88 valence electrons. The van der Waals surface area contributed by atoms with Gasteiger partial charge in [0.2, 0.25) is 0 Å². The second-order valence-corrected chi connectivity index (χ2v) is 4.08. The van der Waals surface area contributed by atoms with Crippen molar-refractivity contribution in [2.45, 2.75) is 45.8 Å². The number of hydrogen-bond donors (Lipinski definition) is 3. The van der Waals surface area contributed by atoms with Crippen LogP contribution in [0.15, 0.2) is 0 Å². The van der Waals surface area contributed by atoms with E-state index in [1.54, 1.807) is 27.7 Å². The highest BCUT2D eigenvalue weighted by molar-refractivity contribution is 5.84. The zero-order chi connectivity index (χ0) is 12.1. The lowest BCUT2D eigenvalue weighted by Gasteiger charge is -2.22. The number of hydrogen-bond acceptors (Lipinski definition) is 4. The average molecular weight is 218 g/mol. The van der Waals surface area contributed by atoms with E-state index in [4.69, 9.17) is 9.94 Å². The molecule has 0 aromatic rings. The molecule has 0 saturated carbocycles. The quantitative estimate of drug-likeness (QED) is 0.483. The first-order valence-corrected chi connectivity index (χ1v) is 4.73. The average Bonchev–Trinajstić information content (AvgIpc) is 2.10. The Kier molecular flexibility index (Phi) is 5.07. The maximum absolute atomic E-state index is 11.3. The third kappa shape index (κ3) is 5.90. The summed E-state index contributed by atoms with van der Waals surface area (Å²) >= 11 is 0. The van der Waals surface area contributed by atoms with E-state index in [0.717, 1.165) is 0 Å². The number of hydroxylamine groups is 1. The van der Waals surface area contributed by atoms with Crippen molar-refractivity contribution >= 4 is 12.0 Å². The largest absolute Gasteiger partial charge is 0.444 e. The van der Waals surface area contributed by atoms with Crippen LogP contribution in [0.1, 0.15) is 34.1 Å². The molecule has 0 aromatic carbocycles. The van der Waals surface area contributed by atoms with Gasteiger partial charge in [0.1, 0.15) is 11.6 Å². The van der Waals surface area contributed by atoms with Crippen molar-refractivity contribution in [3.05, 3.63) is 0 Å². The Morgan fingerprint density at radius 2 is 1.93 bits per heavy atom. The normalized spacial score (nSPS) is 12.9. The maximum atomic E-state index is 11.3. The standard InChI is InChI=1S/C9H18N2O4/c1-5-6(7(12)11-14)10-8(13)15-9(2,3)4/h6,14H,5H2,1-4H3,(H,10,13)(H,11,12). The topological polar surface area (TPSA) is 87.7 Å². The van der Waals surface area contributed by atoms with Gasteiger partial charge < -0.3 is 10.1 Å². The number of rotatable bonds is 3. The van der Waals surface area contributed by atoms with Crippen LogP contribution in [-0.2, 0) is 9.53 Å². The summed E-state index contributed by atoms with van der Waals surface area (Å²) in [5, 5.41) is 10.7. The van der Waals surface area contributed by atoms with E-state index in [-0.39, 0.29) is 0 Å². The molecule has 0 aliphatic heterocycles. The molecule has 1 unspecified atom stereocenters. The van der Waals surface area contributed by atoms with Gasteiger partial charge in [-0.3, -0.25) is 10.0 Å². The molecule has 0 saturated heterocycles. The second-order valence-electron chi connectivity index (χ2n) is 4.08. The van der Waals surface area contributed by atoms with Crippen molar-refractivity contribution in [2.75, 3.05) is 0 Å². The molecule has 3 N–H and O–H groups in total. The first-order chi connectivity index (χ1) is 6.80. The fourth-order valence-electron chi connectivity index (χ4n) is 0.881. The number of nitrogens with one attached hydrogen (secondary N) is 2.